The molecule has 0 aliphatic rings. The summed E-state index contributed by atoms with van der Waals surface area (Å²) in [6.07, 6.45) is 3.86. The third kappa shape index (κ3) is 11.1. The Morgan fingerprint density at radius 1 is 0.771 bits per heavy atom. The van der Waals surface area contributed by atoms with Crippen LogP contribution in [-0.4, -0.2) is 43.0 Å². The van der Waals surface area contributed by atoms with Gasteiger partial charge < -0.3 is 21.7 Å². The Labute approximate surface area is 211 Å². The molecule has 0 aliphatic heterocycles. The van der Waals surface area contributed by atoms with E-state index in [0.29, 0.717) is 38.3 Å². The fourth-order valence-corrected chi connectivity index (χ4v) is 3.97. The van der Waals surface area contributed by atoms with Gasteiger partial charge in [0.1, 0.15) is 0 Å². The van der Waals surface area contributed by atoms with E-state index in [9.17, 15) is 9.59 Å². The molecule has 2 aromatic carbocycles. The Balaban J connectivity index is 1.79. The van der Waals surface area contributed by atoms with Gasteiger partial charge in [0.2, 0.25) is 11.8 Å². The standard InChI is InChI=1S/C29H44N4O2/c1-21(2)10-8-18-31-28(34)26(30)13-9-19-32-29(35)27(33-22(3)4)20-23-14-16-25(17-15-23)24-11-6-5-7-12-24/h5-7,11-12,14-17,21-22,26-27,33H,8-10,13,18-20,30H2,1-4H3,(H,31,34)(H,32,35)/t26-,27-/m1/s1. The molecular weight excluding hydrogens is 436 g/mol. The van der Waals surface area contributed by atoms with Crippen molar-refractivity contribution in [1.82, 2.24) is 16.0 Å². The van der Waals surface area contributed by atoms with E-state index in [2.05, 4.69) is 66.2 Å². The lowest BCUT2D eigenvalue weighted by Gasteiger charge is -2.21. The van der Waals surface area contributed by atoms with Crippen LogP contribution in [0.15, 0.2) is 54.6 Å². The number of hydrogen-bond donors (Lipinski definition) is 4. The van der Waals surface area contributed by atoms with E-state index in [0.717, 1.165) is 24.0 Å². The van der Waals surface area contributed by atoms with E-state index < -0.39 is 6.04 Å². The summed E-state index contributed by atoms with van der Waals surface area (Å²) in [5.41, 5.74) is 9.46. The summed E-state index contributed by atoms with van der Waals surface area (Å²) in [4.78, 5) is 25.0. The molecule has 0 radical (unpaired) electrons. The van der Waals surface area contributed by atoms with Gasteiger partial charge in [0.05, 0.1) is 12.1 Å². The zero-order chi connectivity index (χ0) is 25.6. The number of hydrogen-bond acceptors (Lipinski definition) is 4. The van der Waals surface area contributed by atoms with Crippen molar-refractivity contribution in [3.05, 3.63) is 60.2 Å². The minimum absolute atomic E-state index is 0.0301. The zero-order valence-corrected chi connectivity index (χ0v) is 21.8. The fourth-order valence-electron chi connectivity index (χ4n) is 3.97. The van der Waals surface area contributed by atoms with Gasteiger partial charge in [-0.05, 0) is 54.7 Å². The molecule has 0 saturated heterocycles. The molecule has 0 aliphatic carbocycles. The molecule has 0 unspecified atom stereocenters. The molecular formula is C29H44N4O2. The number of nitrogens with one attached hydrogen (secondary N) is 3. The summed E-state index contributed by atoms with van der Waals surface area (Å²) >= 11 is 0. The quantitative estimate of drug-likeness (QED) is 0.289. The van der Waals surface area contributed by atoms with Crippen molar-refractivity contribution >= 4 is 11.8 Å². The van der Waals surface area contributed by atoms with Crippen molar-refractivity contribution in [1.29, 1.82) is 0 Å². The van der Waals surface area contributed by atoms with E-state index in [1.54, 1.807) is 0 Å². The van der Waals surface area contributed by atoms with Crippen molar-refractivity contribution < 1.29 is 9.59 Å². The van der Waals surface area contributed by atoms with E-state index in [-0.39, 0.29) is 23.9 Å². The van der Waals surface area contributed by atoms with Crippen LogP contribution in [-0.2, 0) is 16.0 Å². The van der Waals surface area contributed by atoms with E-state index >= 15 is 0 Å². The minimum Gasteiger partial charge on any atom is -0.355 e. The highest BCUT2D eigenvalue weighted by Gasteiger charge is 2.20. The molecule has 192 valence electrons. The van der Waals surface area contributed by atoms with Crippen LogP contribution < -0.4 is 21.7 Å². The molecule has 0 fully saturated rings. The van der Waals surface area contributed by atoms with E-state index in [4.69, 9.17) is 5.73 Å². The first-order valence-corrected chi connectivity index (χ1v) is 13.0. The van der Waals surface area contributed by atoms with Gasteiger partial charge in [0.15, 0.2) is 0 Å². The lowest BCUT2D eigenvalue weighted by Crippen LogP contribution is -2.48. The molecule has 0 aromatic heterocycles. The normalized spacial score (nSPS) is 13.0. The third-order valence-corrected chi connectivity index (χ3v) is 5.94. The lowest BCUT2D eigenvalue weighted by atomic mass is 10.00. The number of benzene rings is 2. The highest BCUT2D eigenvalue weighted by molar-refractivity contribution is 5.82. The third-order valence-electron chi connectivity index (χ3n) is 5.94. The van der Waals surface area contributed by atoms with Gasteiger partial charge in [-0.1, -0.05) is 82.3 Å². The molecule has 5 N–H and O–H groups in total. The van der Waals surface area contributed by atoms with Crippen molar-refractivity contribution in [2.24, 2.45) is 11.7 Å². The molecule has 0 spiro atoms. The van der Waals surface area contributed by atoms with E-state index in [1.165, 1.54) is 5.56 Å². The van der Waals surface area contributed by atoms with Crippen LogP contribution in [0.5, 0.6) is 0 Å². The number of carbonyl (C=O) groups excluding carboxylic acids is 2. The molecule has 0 heterocycles. The monoisotopic (exact) mass is 480 g/mol. The van der Waals surface area contributed by atoms with Crippen LogP contribution in [0, 0.1) is 5.92 Å². The Hall–Kier alpha value is -2.70. The molecule has 2 aromatic rings. The van der Waals surface area contributed by atoms with Crippen LogP contribution in [0.25, 0.3) is 11.1 Å². The molecule has 2 rings (SSSR count). The topological polar surface area (TPSA) is 96.2 Å². The van der Waals surface area contributed by atoms with Gasteiger partial charge in [0, 0.05) is 19.1 Å². The number of carbonyl (C=O) groups is 2. The Kier molecular flexibility index (Phi) is 12.5. The van der Waals surface area contributed by atoms with Crippen LogP contribution in [0.1, 0.15) is 58.9 Å². The van der Waals surface area contributed by atoms with Crippen molar-refractivity contribution in [3.8, 4) is 11.1 Å². The van der Waals surface area contributed by atoms with Gasteiger partial charge >= 0.3 is 0 Å². The minimum atomic E-state index is -0.543. The summed E-state index contributed by atoms with van der Waals surface area (Å²) in [6, 6.07) is 17.9. The maximum atomic E-state index is 12.9. The highest BCUT2D eigenvalue weighted by Crippen LogP contribution is 2.19. The number of amides is 2. The summed E-state index contributed by atoms with van der Waals surface area (Å²) in [7, 11) is 0. The second-order valence-electron chi connectivity index (χ2n) is 10.0. The second-order valence-corrected chi connectivity index (χ2v) is 10.0. The average Bonchev–Trinajstić information content (AvgIpc) is 2.84. The van der Waals surface area contributed by atoms with Gasteiger partial charge in [-0.2, -0.15) is 0 Å². The summed E-state index contributed by atoms with van der Waals surface area (Å²) in [5, 5.41) is 9.30. The molecule has 6 nitrogen and oxygen atoms in total. The Morgan fingerprint density at radius 2 is 1.34 bits per heavy atom. The number of rotatable bonds is 15. The van der Waals surface area contributed by atoms with Gasteiger partial charge in [-0.15, -0.1) is 0 Å². The Morgan fingerprint density at radius 3 is 1.94 bits per heavy atom. The first-order chi connectivity index (χ1) is 16.8. The summed E-state index contributed by atoms with van der Waals surface area (Å²) < 4.78 is 0. The summed E-state index contributed by atoms with van der Waals surface area (Å²) in [5.74, 6) is 0.489. The zero-order valence-electron chi connectivity index (χ0n) is 21.8. The molecule has 6 heteroatoms. The average molecular weight is 481 g/mol. The molecule has 0 saturated carbocycles. The van der Waals surface area contributed by atoms with Crippen molar-refractivity contribution in [2.45, 2.75) is 77.9 Å². The largest absolute Gasteiger partial charge is 0.355 e. The van der Waals surface area contributed by atoms with Crippen molar-refractivity contribution in [3.63, 3.8) is 0 Å². The predicted octanol–water partition coefficient (Wildman–Crippen LogP) is 4.04. The maximum Gasteiger partial charge on any atom is 0.237 e. The van der Waals surface area contributed by atoms with Crippen molar-refractivity contribution in [2.75, 3.05) is 13.1 Å². The number of nitrogens with two attached hydrogens (primary N) is 1. The highest BCUT2D eigenvalue weighted by atomic mass is 16.2. The van der Waals surface area contributed by atoms with Crippen LogP contribution in [0.3, 0.4) is 0 Å². The fraction of sp³-hybridized carbons (Fsp3) is 0.517. The first-order valence-electron chi connectivity index (χ1n) is 13.0. The lowest BCUT2D eigenvalue weighted by molar-refractivity contribution is -0.123. The first kappa shape index (κ1) is 28.5. The predicted molar refractivity (Wildman–Crippen MR) is 145 cm³/mol. The van der Waals surface area contributed by atoms with Gasteiger partial charge in [-0.3, -0.25) is 9.59 Å². The second kappa shape index (κ2) is 15.3. The molecule has 0 bridgehead atoms. The van der Waals surface area contributed by atoms with Gasteiger partial charge in [-0.25, -0.2) is 0 Å². The van der Waals surface area contributed by atoms with E-state index in [1.807, 2.05) is 32.0 Å². The van der Waals surface area contributed by atoms with Gasteiger partial charge in [0.25, 0.3) is 0 Å². The smallest absolute Gasteiger partial charge is 0.237 e. The molecule has 2 amide bonds. The molecule has 2 atom stereocenters. The van der Waals surface area contributed by atoms with Crippen LogP contribution in [0.2, 0.25) is 0 Å². The maximum absolute atomic E-state index is 12.9. The summed E-state index contributed by atoms with van der Waals surface area (Å²) in [6.45, 7) is 9.58. The SMILES string of the molecule is CC(C)CCCNC(=O)[C@H](N)CCCNC(=O)[C@@H](Cc1ccc(-c2ccccc2)cc1)NC(C)C. The van der Waals surface area contributed by atoms with Crippen LogP contribution >= 0.6 is 0 Å². The van der Waals surface area contributed by atoms with Crippen LogP contribution in [0.4, 0.5) is 0 Å². The Bertz CT molecular complexity index is 881. The molecule has 35 heavy (non-hydrogen) atoms.